The lowest BCUT2D eigenvalue weighted by Crippen LogP contribution is -2.31. The van der Waals surface area contributed by atoms with Gasteiger partial charge in [0.25, 0.3) is 11.5 Å². The van der Waals surface area contributed by atoms with Gasteiger partial charge in [-0.1, -0.05) is 23.2 Å². The highest BCUT2D eigenvalue weighted by Crippen LogP contribution is 2.38. The number of pyridine rings is 1. The summed E-state index contributed by atoms with van der Waals surface area (Å²) in [5.74, 6) is -1.82. The largest absolute Gasteiger partial charge is 0.502 e. The van der Waals surface area contributed by atoms with Crippen LogP contribution in [-0.4, -0.2) is 21.8 Å². The molecule has 1 heterocycles. The second-order valence-electron chi connectivity index (χ2n) is 6.15. The van der Waals surface area contributed by atoms with E-state index in [1.165, 1.54) is 0 Å². The summed E-state index contributed by atoms with van der Waals surface area (Å²) >= 11 is 12.1. The molecule has 1 aliphatic carbocycles. The van der Waals surface area contributed by atoms with Crippen LogP contribution in [0.2, 0.25) is 10.0 Å². The van der Waals surface area contributed by atoms with E-state index in [1.807, 2.05) is 0 Å². The van der Waals surface area contributed by atoms with Crippen LogP contribution < -0.4 is 10.9 Å². The van der Waals surface area contributed by atoms with Crippen LogP contribution in [0.3, 0.4) is 0 Å². The third-order valence-electron chi connectivity index (χ3n) is 4.29. The molecule has 0 fully saturated rings. The first-order valence-corrected chi connectivity index (χ1v) is 8.60. The number of alkyl halides is 3. The molecule has 2 aromatic rings. The molecule has 0 unspecified atom stereocenters. The Morgan fingerprint density at radius 2 is 2.04 bits per heavy atom. The molecular weight excluding hydrogens is 408 g/mol. The third-order valence-corrected chi connectivity index (χ3v) is 4.85. The van der Waals surface area contributed by atoms with Crippen molar-refractivity contribution in [2.75, 3.05) is 0 Å². The number of carbonyl (C=O) groups is 1. The van der Waals surface area contributed by atoms with Crippen molar-refractivity contribution in [1.29, 1.82) is 0 Å². The quantitative estimate of drug-likeness (QED) is 0.792. The van der Waals surface area contributed by atoms with E-state index < -0.39 is 41.5 Å². The SMILES string of the molecule is O=C(N[C@@H]1CCc2c(Cl)cc(Cl)cc21)c1ccn(CC(F)(F)F)c(=O)c1O. The Morgan fingerprint density at radius 1 is 1.33 bits per heavy atom. The van der Waals surface area contributed by atoms with Crippen LogP contribution in [0.1, 0.15) is 33.9 Å². The summed E-state index contributed by atoms with van der Waals surface area (Å²) in [6.45, 7) is -1.56. The van der Waals surface area contributed by atoms with Gasteiger partial charge in [0.05, 0.1) is 11.6 Å². The highest BCUT2D eigenvalue weighted by atomic mass is 35.5. The maximum absolute atomic E-state index is 12.4. The number of aromatic nitrogens is 1. The predicted octanol–water partition coefficient (Wildman–Crippen LogP) is 3.84. The fourth-order valence-corrected chi connectivity index (χ4v) is 3.70. The Bertz CT molecular complexity index is 973. The summed E-state index contributed by atoms with van der Waals surface area (Å²) in [5, 5.41) is 13.4. The molecule has 5 nitrogen and oxygen atoms in total. The van der Waals surface area contributed by atoms with Crippen LogP contribution in [0.15, 0.2) is 29.2 Å². The van der Waals surface area contributed by atoms with Crippen molar-refractivity contribution in [3.05, 3.63) is 61.5 Å². The van der Waals surface area contributed by atoms with Gasteiger partial charge < -0.3 is 15.0 Å². The molecule has 1 aromatic heterocycles. The van der Waals surface area contributed by atoms with E-state index in [9.17, 15) is 27.9 Å². The minimum Gasteiger partial charge on any atom is -0.502 e. The first-order valence-electron chi connectivity index (χ1n) is 7.84. The molecule has 2 N–H and O–H groups in total. The van der Waals surface area contributed by atoms with Gasteiger partial charge in [0.2, 0.25) is 0 Å². The molecule has 0 radical (unpaired) electrons. The summed E-state index contributed by atoms with van der Waals surface area (Å²) in [7, 11) is 0. The molecule has 1 atom stereocenters. The number of aromatic hydroxyl groups is 1. The van der Waals surface area contributed by atoms with Gasteiger partial charge >= 0.3 is 6.18 Å². The smallest absolute Gasteiger partial charge is 0.406 e. The van der Waals surface area contributed by atoms with E-state index in [4.69, 9.17) is 23.2 Å². The number of nitrogens with zero attached hydrogens (tertiary/aromatic N) is 1. The maximum atomic E-state index is 12.4. The molecule has 0 spiro atoms. The Kier molecular flexibility index (Phi) is 5.14. The van der Waals surface area contributed by atoms with Crippen molar-refractivity contribution in [2.24, 2.45) is 0 Å². The molecule has 1 aliphatic rings. The Balaban J connectivity index is 1.85. The summed E-state index contributed by atoms with van der Waals surface area (Å²) < 4.78 is 37.6. The molecule has 0 saturated heterocycles. The molecule has 0 bridgehead atoms. The zero-order chi connectivity index (χ0) is 19.9. The lowest BCUT2D eigenvalue weighted by molar-refractivity contribution is -0.141. The second kappa shape index (κ2) is 7.09. The number of nitrogens with one attached hydrogen (secondary N) is 1. The summed E-state index contributed by atoms with van der Waals surface area (Å²) in [6, 6.07) is 3.79. The third kappa shape index (κ3) is 4.06. The van der Waals surface area contributed by atoms with Crippen molar-refractivity contribution in [3.63, 3.8) is 0 Å². The maximum Gasteiger partial charge on any atom is 0.406 e. The Labute approximate surface area is 161 Å². The number of amides is 1. The summed E-state index contributed by atoms with van der Waals surface area (Å²) in [4.78, 5) is 24.3. The zero-order valence-electron chi connectivity index (χ0n) is 13.6. The minimum atomic E-state index is -4.63. The molecule has 0 saturated carbocycles. The number of halogens is 5. The normalized spacial score (nSPS) is 16.3. The first-order chi connectivity index (χ1) is 12.6. The van der Waals surface area contributed by atoms with Crippen LogP contribution in [0.25, 0.3) is 0 Å². The molecule has 1 amide bonds. The lowest BCUT2D eigenvalue weighted by Gasteiger charge is -2.16. The number of carbonyl (C=O) groups excluding carboxylic acids is 1. The van der Waals surface area contributed by atoms with Gasteiger partial charge in [-0.2, -0.15) is 13.2 Å². The Morgan fingerprint density at radius 3 is 2.70 bits per heavy atom. The molecule has 10 heteroatoms. The topological polar surface area (TPSA) is 71.3 Å². The van der Waals surface area contributed by atoms with E-state index in [-0.39, 0.29) is 4.57 Å². The van der Waals surface area contributed by atoms with Crippen molar-refractivity contribution < 1.29 is 23.1 Å². The number of rotatable bonds is 3. The average molecular weight is 421 g/mol. The molecule has 144 valence electrons. The fraction of sp³-hybridized carbons (Fsp3) is 0.294. The monoisotopic (exact) mass is 420 g/mol. The van der Waals surface area contributed by atoms with Crippen molar-refractivity contribution >= 4 is 29.1 Å². The molecular formula is C17H13Cl2F3N2O3. The van der Waals surface area contributed by atoms with Crippen molar-refractivity contribution in [3.8, 4) is 5.75 Å². The highest BCUT2D eigenvalue weighted by molar-refractivity contribution is 6.35. The average Bonchev–Trinajstić information content (AvgIpc) is 2.94. The van der Waals surface area contributed by atoms with Crippen LogP contribution in [-0.2, 0) is 13.0 Å². The molecule has 27 heavy (non-hydrogen) atoms. The number of hydrogen-bond acceptors (Lipinski definition) is 3. The van der Waals surface area contributed by atoms with Gasteiger partial charge in [-0.3, -0.25) is 9.59 Å². The number of hydrogen-bond donors (Lipinski definition) is 2. The van der Waals surface area contributed by atoms with E-state index in [1.54, 1.807) is 12.1 Å². The van der Waals surface area contributed by atoms with Gasteiger partial charge in [-0.05, 0) is 42.2 Å². The van der Waals surface area contributed by atoms with E-state index in [0.717, 1.165) is 23.4 Å². The number of fused-ring (bicyclic) bond motifs is 1. The van der Waals surface area contributed by atoms with Crippen molar-refractivity contribution in [1.82, 2.24) is 9.88 Å². The second-order valence-corrected chi connectivity index (χ2v) is 6.99. The van der Waals surface area contributed by atoms with Crippen LogP contribution in [0, 0.1) is 0 Å². The van der Waals surface area contributed by atoms with E-state index in [0.29, 0.717) is 22.9 Å². The van der Waals surface area contributed by atoms with Gasteiger partial charge in [-0.25, -0.2) is 0 Å². The first kappa shape index (κ1) is 19.6. The van der Waals surface area contributed by atoms with E-state index in [2.05, 4.69) is 5.32 Å². The van der Waals surface area contributed by atoms with Gasteiger partial charge in [0.15, 0.2) is 5.75 Å². The van der Waals surface area contributed by atoms with Gasteiger partial charge in [0.1, 0.15) is 6.54 Å². The lowest BCUT2D eigenvalue weighted by atomic mass is 10.1. The van der Waals surface area contributed by atoms with Crippen LogP contribution in [0.4, 0.5) is 13.2 Å². The summed E-state index contributed by atoms with van der Waals surface area (Å²) in [5.41, 5.74) is -0.125. The fourth-order valence-electron chi connectivity index (χ4n) is 3.09. The highest BCUT2D eigenvalue weighted by Gasteiger charge is 2.31. The Hall–Kier alpha value is -2.19. The molecule has 0 aliphatic heterocycles. The standard InChI is InChI=1S/C17H13Cl2F3N2O3/c18-8-5-11-9(12(19)6-8)1-2-13(11)23-15(26)10-3-4-24(7-17(20,21)22)16(27)14(10)25/h3-6,13,25H,1-2,7H2,(H,23,26)/t13-/m1/s1. The number of benzene rings is 1. The van der Waals surface area contributed by atoms with E-state index >= 15 is 0 Å². The molecule has 3 rings (SSSR count). The predicted molar refractivity (Wildman–Crippen MR) is 93.4 cm³/mol. The van der Waals surface area contributed by atoms with Crippen LogP contribution in [0.5, 0.6) is 5.75 Å². The van der Waals surface area contributed by atoms with Crippen LogP contribution >= 0.6 is 23.2 Å². The molecule has 1 aromatic carbocycles. The van der Waals surface area contributed by atoms with Gasteiger partial charge in [0, 0.05) is 16.2 Å². The minimum absolute atomic E-state index is 0.288. The summed E-state index contributed by atoms with van der Waals surface area (Å²) in [6.07, 6.45) is -2.67. The van der Waals surface area contributed by atoms with Crippen molar-refractivity contribution in [2.45, 2.75) is 31.6 Å². The zero-order valence-corrected chi connectivity index (χ0v) is 15.1. The van der Waals surface area contributed by atoms with Gasteiger partial charge in [-0.15, -0.1) is 0 Å².